The average molecular weight is 505 g/mol. The van der Waals surface area contributed by atoms with Crippen LogP contribution in [-0.4, -0.2) is 40.0 Å². The first-order chi connectivity index (χ1) is 17.2. The van der Waals surface area contributed by atoms with Crippen LogP contribution in [0.2, 0.25) is 0 Å². The smallest absolute Gasteiger partial charge is 0.146 e. The van der Waals surface area contributed by atoms with Crippen LogP contribution in [0.3, 0.4) is 0 Å². The van der Waals surface area contributed by atoms with Crippen molar-refractivity contribution in [1.29, 1.82) is 0 Å². The SMILES string of the molecule is C=C(CC[C@@H](C)[C@H]1CC[C@H]2[C@@H]3CC(OCOC)[C@@H]4CC(OCOC)CC[C@]4(C)[C@H]3CC[C@]12C)C(C)C. The molecule has 4 aliphatic rings. The van der Waals surface area contributed by atoms with Crippen molar-refractivity contribution < 1.29 is 18.9 Å². The Morgan fingerprint density at radius 2 is 1.50 bits per heavy atom. The van der Waals surface area contributed by atoms with Crippen molar-refractivity contribution in [2.75, 3.05) is 27.8 Å². The molecule has 0 bridgehead atoms. The Morgan fingerprint density at radius 3 is 2.19 bits per heavy atom. The molecule has 0 aliphatic heterocycles. The van der Waals surface area contributed by atoms with E-state index in [-0.39, 0.29) is 6.10 Å². The average Bonchev–Trinajstić information content (AvgIpc) is 3.21. The molecule has 10 atom stereocenters. The Labute approximate surface area is 222 Å². The maximum absolute atomic E-state index is 6.49. The zero-order chi connectivity index (χ0) is 26.1. The fraction of sp³-hybridized carbons (Fsp3) is 0.938. The minimum absolute atomic E-state index is 0.276. The zero-order valence-corrected chi connectivity index (χ0v) is 24.5. The van der Waals surface area contributed by atoms with E-state index in [9.17, 15) is 0 Å². The summed E-state index contributed by atoms with van der Waals surface area (Å²) in [5.74, 6) is 5.23. The van der Waals surface area contributed by atoms with Gasteiger partial charge in [0.1, 0.15) is 13.6 Å². The van der Waals surface area contributed by atoms with Gasteiger partial charge >= 0.3 is 0 Å². The van der Waals surface area contributed by atoms with Crippen LogP contribution in [-0.2, 0) is 18.9 Å². The molecular weight excluding hydrogens is 448 g/mol. The van der Waals surface area contributed by atoms with E-state index in [1.54, 1.807) is 14.2 Å². The van der Waals surface area contributed by atoms with Gasteiger partial charge in [-0.2, -0.15) is 0 Å². The molecular formula is C32H56O4. The molecule has 2 unspecified atom stereocenters. The minimum atomic E-state index is 0.276. The first-order valence-corrected chi connectivity index (χ1v) is 15.0. The van der Waals surface area contributed by atoms with E-state index in [0.717, 1.165) is 42.4 Å². The third kappa shape index (κ3) is 5.36. The predicted molar refractivity (Wildman–Crippen MR) is 146 cm³/mol. The maximum Gasteiger partial charge on any atom is 0.146 e. The van der Waals surface area contributed by atoms with Gasteiger partial charge in [-0.1, -0.05) is 46.8 Å². The van der Waals surface area contributed by atoms with E-state index in [1.165, 1.54) is 56.9 Å². The van der Waals surface area contributed by atoms with E-state index in [1.807, 2.05) is 0 Å². The largest absolute Gasteiger partial charge is 0.359 e. The van der Waals surface area contributed by atoms with Gasteiger partial charge in [-0.3, -0.25) is 0 Å². The van der Waals surface area contributed by atoms with Gasteiger partial charge in [0.15, 0.2) is 0 Å². The molecule has 0 aromatic carbocycles. The summed E-state index contributed by atoms with van der Waals surface area (Å²) >= 11 is 0. The van der Waals surface area contributed by atoms with Gasteiger partial charge in [0.05, 0.1) is 12.2 Å². The fourth-order valence-electron chi connectivity index (χ4n) is 9.77. The molecule has 0 spiro atoms. The molecule has 36 heavy (non-hydrogen) atoms. The number of rotatable bonds is 11. The first-order valence-electron chi connectivity index (χ1n) is 15.0. The predicted octanol–water partition coefficient (Wildman–Crippen LogP) is 7.86. The minimum Gasteiger partial charge on any atom is -0.359 e. The molecule has 208 valence electrons. The van der Waals surface area contributed by atoms with Crippen molar-refractivity contribution in [3.05, 3.63) is 12.2 Å². The van der Waals surface area contributed by atoms with Crippen molar-refractivity contribution in [2.24, 2.45) is 52.3 Å². The summed E-state index contributed by atoms with van der Waals surface area (Å²) < 4.78 is 23.2. The number of hydrogen-bond acceptors (Lipinski definition) is 4. The number of hydrogen-bond donors (Lipinski definition) is 0. The van der Waals surface area contributed by atoms with Crippen LogP contribution in [0, 0.1) is 52.3 Å². The van der Waals surface area contributed by atoms with Crippen LogP contribution < -0.4 is 0 Å². The van der Waals surface area contributed by atoms with E-state index in [0.29, 0.717) is 42.4 Å². The molecule has 0 heterocycles. The number of fused-ring (bicyclic) bond motifs is 5. The Balaban J connectivity index is 1.51. The number of allylic oxidation sites excluding steroid dienone is 1. The second-order valence-electron chi connectivity index (χ2n) is 13.9. The van der Waals surface area contributed by atoms with E-state index >= 15 is 0 Å². The van der Waals surface area contributed by atoms with Crippen LogP contribution in [0.25, 0.3) is 0 Å². The van der Waals surface area contributed by atoms with Crippen LogP contribution in [0.1, 0.15) is 98.8 Å². The fourth-order valence-corrected chi connectivity index (χ4v) is 9.77. The van der Waals surface area contributed by atoms with Crippen molar-refractivity contribution in [1.82, 2.24) is 0 Å². The van der Waals surface area contributed by atoms with Gasteiger partial charge in [0.25, 0.3) is 0 Å². The summed E-state index contributed by atoms with van der Waals surface area (Å²) in [6, 6.07) is 0. The molecule has 4 fully saturated rings. The van der Waals surface area contributed by atoms with Gasteiger partial charge < -0.3 is 18.9 Å². The van der Waals surface area contributed by atoms with Crippen LogP contribution in [0.4, 0.5) is 0 Å². The Hall–Kier alpha value is -0.420. The molecule has 0 amide bonds. The van der Waals surface area contributed by atoms with Gasteiger partial charge in [-0.25, -0.2) is 0 Å². The first kappa shape index (κ1) is 28.6. The highest BCUT2D eigenvalue weighted by Crippen LogP contribution is 2.68. The summed E-state index contributed by atoms with van der Waals surface area (Å²) in [5.41, 5.74) is 2.25. The van der Waals surface area contributed by atoms with E-state index in [2.05, 4.69) is 41.2 Å². The standard InChI is InChI=1S/C32H56O4/c1-21(2)22(3)9-10-23(4)26-11-12-27-25-18-30(36-20-34-8)29-17-24(35-19-33-7)13-15-32(29,6)28(25)14-16-31(26,27)5/h21,23-30H,3,9-20H2,1-2,4-8H3/t23-,24?,25+,26-,27+,28+,29+,30?,31-,32-/m1/s1. The summed E-state index contributed by atoms with van der Waals surface area (Å²) in [5, 5.41) is 0. The third-order valence-corrected chi connectivity index (χ3v) is 11.9. The quantitative estimate of drug-likeness (QED) is 0.212. The summed E-state index contributed by atoms with van der Waals surface area (Å²) in [4.78, 5) is 0. The molecule has 0 N–H and O–H groups in total. The monoisotopic (exact) mass is 504 g/mol. The Morgan fingerprint density at radius 1 is 0.833 bits per heavy atom. The second kappa shape index (κ2) is 11.8. The van der Waals surface area contributed by atoms with Gasteiger partial charge in [-0.15, -0.1) is 0 Å². The van der Waals surface area contributed by atoms with Crippen LogP contribution in [0.5, 0.6) is 0 Å². The van der Waals surface area contributed by atoms with Crippen LogP contribution >= 0.6 is 0 Å². The molecule has 0 aromatic heterocycles. The van der Waals surface area contributed by atoms with Gasteiger partial charge in [0, 0.05) is 14.2 Å². The molecule has 4 nitrogen and oxygen atoms in total. The lowest BCUT2D eigenvalue weighted by atomic mass is 9.43. The molecule has 0 saturated heterocycles. The summed E-state index contributed by atoms with van der Waals surface area (Å²) in [6.07, 6.45) is 13.4. The normalized spacial score (nSPS) is 43.1. The molecule has 4 saturated carbocycles. The van der Waals surface area contributed by atoms with Crippen molar-refractivity contribution >= 4 is 0 Å². The van der Waals surface area contributed by atoms with Crippen LogP contribution in [0.15, 0.2) is 12.2 Å². The second-order valence-corrected chi connectivity index (χ2v) is 13.9. The van der Waals surface area contributed by atoms with Crippen molar-refractivity contribution in [3.8, 4) is 0 Å². The Bertz CT molecular complexity index is 736. The van der Waals surface area contributed by atoms with Gasteiger partial charge in [0.2, 0.25) is 0 Å². The highest BCUT2D eigenvalue weighted by Gasteiger charge is 2.62. The van der Waals surface area contributed by atoms with E-state index < -0.39 is 0 Å². The topological polar surface area (TPSA) is 36.9 Å². The lowest BCUT2D eigenvalue weighted by Gasteiger charge is -2.63. The highest BCUT2D eigenvalue weighted by atomic mass is 16.7. The lowest BCUT2D eigenvalue weighted by molar-refractivity contribution is -0.214. The highest BCUT2D eigenvalue weighted by molar-refractivity contribution is 5.12. The number of methoxy groups -OCH3 is 2. The summed E-state index contributed by atoms with van der Waals surface area (Å²) in [7, 11) is 3.48. The van der Waals surface area contributed by atoms with Crippen molar-refractivity contribution in [2.45, 2.75) is 111 Å². The summed E-state index contributed by atoms with van der Waals surface area (Å²) in [6.45, 7) is 17.6. The molecule has 0 radical (unpaired) electrons. The van der Waals surface area contributed by atoms with E-state index in [4.69, 9.17) is 18.9 Å². The molecule has 4 heteroatoms. The third-order valence-electron chi connectivity index (χ3n) is 11.9. The zero-order valence-electron chi connectivity index (χ0n) is 24.5. The molecule has 0 aromatic rings. The Kier molecular flexibility index (Phi) is 9.34. The molecule has 4 aliphatic carbocycles. The maximum atomic E-state index is 6.49. The molecule has 4 rings (SSSR count). The lowest BCUT2D eigenvalue weighted by Crippen LogP contribution is -2.59. The number of ether oxygens (including phenoxy) is 4. The van der Waals surface area contributed by atoms with Crippen molar-refractivity contribution in [3.63, 3.8) is 0 Å². The van der Waals surface area contributed by atoms with Gasteiger partial charge in [-0.05, 0) is 116 Å².